The maximum atomic E-state index is 12.5. The molecule has 0 saturated heterocycles. The number of carbonyl (C=O) groups is 3. The molecule has 1 aromatic rings. The first-order valence-corrected chi connectivity index (χ1v) is 7.40. The second kappa shape index (κ2) is 7.76. The van der Waals surface area contributed by atoms with E-state index in [1.54, 1.807) is 26.0 Å². The highest BCUT2D eigenvalue weighted by Gasteiger charge is 2.44. The van der Waals surface area contributed by atoms with Gasteiger partial charge in [-0.1, -0.05) is 44.2 Å². The lowest BCUT2D eigenvalue weighted by Crippen LogP contribution is -2.59. The number of aldehydes is 1. The number of carboxylic acid groups (broad SMARTS) is 1. The summed E-state index contributed by atoms with van der Waals surface area (Å²) in [7, 11) is 0. The Morgan fingerprint density at radius 2 is 1.83 bits per heavy atom. The lowest BCUT2D eigenvalue weighted by Gasteiger charge is -2.39. The van der Waals surface area contributed by atoms with Gasteiger partial charge in [0.15, 0.2) is 0 Å². The zero-order valence-electron chi connectivity index (χ0n) is 13.9. The first-order valence-electron chi connectivity index (χ1n) is 7.40. The molecule has 0 bridgehead atoms. The SMILES string of the molecule is CC(C)[C@@H](C=O)N(C(=O)OCc1ccccc1)C(C)(C)C(=O)O. The fourth-order valence-electron chi connectivity index (χ4n) is 2.13. The van der Waals surface area contributed by atoms with Crippen molar-refractivity contribution in [3.05, 3.63) is 35.9 Å². The van der Waals surface area contributed by atoms with Gasteiger partial charge in [-0.25, -0.2) is 9.59 Å². The molecule has 0 aliphatic heterocycles. The fourth-order valence-corrected chi connectivity index (χ4v) is 2.13. The monoisotopic (exact) mass is 321 g/mol. The summed E-state index contributed by atoms with van der Waals surface area (Å²) in [5, 5.41) is 9.41. The van der Waals surface area contributed by atoms with Gasteiger partial charge in [0.05, 0.1) is 6.04 Å². The third-order valence-electron chi connectivity index (χ3n) is 3.65. The molecule has 0 aliphatic carbocycles. The van der Waals surface area contributed by atoms with Crippen molar-refractivity contribution in [3.63, 3.8) is 0 Å². The summed E-state index contributed by atoms with van der Waals surface area (Å²) in [5.41, 5.74) is -0.787. The van der Waals surface area contributed by atoms with Gasteiger partial charge in [-0.15, -0.1) is 0 Å². The van der Waals surface area contributed by atoms with Gasteiger partial charge in [-0.05, 0) is 25.3 Å². The minimum atomic E-state index is -1.57. The Labute approximate surface area is 136 Å². The highest BCUT2D eigenvalue weighted by atomic mass is 16.6. The standard InChI is InChI=1S/C17H23NO5/c1-12(2)14(10-19)18(17(3,4)15(20)21)16(22)23-11-13-8-6-5-7-9-13/h5-10,12,14H,11H2,1-4H3,(H,20,21)/t14-/m1/s1. The molecule has 1 amide bonds. The Bertz CT molecular complexity index is 553. The highest BCUT2D eigenvalue weighted by molar-refractivity contribution is 5.85. The number of hydrogen-bond acceptors (Lipinski definition) is 4. The summed E-state index contributed by atoms with van der Waals surface area (Å²) < 4.78 is 5.22. The number of amides is 1. The van der Waals surface area contributed by atoms with Crippen LogP contribution in [0.3, 0.4) is 0 Å². The molecule has 1 atom stereocenters. The predicted molar refractivity (Wildman–Crippen MR) is 84.9 cm³/mol. The van der Waals surface area contributed by atoms with Gasteiger partial charge in [-0.3, -0.25) is 4.90 Å². The quantitative estimate of drug-likeness (QED) is 0.781. The van der Waals surface area contributed by atoms with Crippen molar-refractivity contribution < 1.29 is 24.2 Å². The number of ether oxygens (including phenoxy) is 1. The zero-order chi connectivity index (χ0) is 17.6. The minimum Gasteiger partial charge on any atom is -0.480 e. The lowest BCUT2D eigenvalue weighted by molar-refractivity contribution is -0.150. The molecule has 126 valence electrons. The van der Waals surface area contributed by atoms with E-state index in [1.807, 2.05) is 18.2 Å². The van der Waals surface area contributed by atoms with Crippen molar-refractivity contribution >= 4 is 18.3 Å². The van der Waals surface area contributed by atoms with Gasteiger partial charge in [0, 0.05) is 0 Å². The van der Waals surface area contributed by atoms with Gasteiger partial charge in [0.2, 0.25) is 0 Å². The number of carboxylic acids is 1. The van der Waals surface area contributed by atoms with E-state index in [0.29, 0.717) is 6.29 Å². The van der Waals surface area contributed by atoms with Crippen molar-refractivity contribution in [2.45, 2.75) is 45.9 Å². The molecule has 0 spiro atoms. The van der Waals surface area contributed by atoms with Crippen molar-refractivity contribution in [3.8, 4) is 0 Å². The second-order valence-electron chi connectivity index (χ2n) is 6.15. The van der Waals surface area contributed by atoms with Crippen LogP contribution in [0.5, 0.6) is 0 Å². The molecular weight excluding hydrogens is 298 g/mol. The highest BCUT2D eigenvalue weighted by Crippen LogP contribution is 2.23. The molecule has 0 heterocycles. The average molecular weight is 321 g/mol. The number of hydrogen-bond donors (Lipinski definition) is 1. The van der Waals surface area contributed by atoms with Crippen molar-refractivity contribution in [1.82, 2.24) is 4.90 Å². The lowest BCUT2D eigenvalue weighted by atomic mass is 9.96. The van der Waals surface area contributed by atoms with Crippen LogP contribution in [0.1, 0.15) is 33.3 Å². The Morgan fingerprint density at radius 3 is 2.26 bits per heavy atom. The van der Waals surface area contributed by atoms with E-state index in [4.69, 9.17) is 4.74 Å². The minimum absolute atomic E-state index is 0.00947. The third-order valence-corrected chi connectivity index (χ3v) is 3.65. The second-order valence-corrected chi connectivity index (χ2v) is 6.15. The maximum absolute atomic E-state index is 12.5. The summed E-state index contributed by atoms with van der Waals surface area (Å²) in [6.45, 7) is 6.24. The molecule has 6 heteroatoms. The van der Waals surface area contributed by atoms with Gasteiger partial charge in [0.1, 0.15) is 18.4 Å². The van der Waals surface area contributed by atoms with E-state index in [0.717, 1.165) is 10.5 Å². The van der Waals surface area contributed by atoms with Gasteiger partial charge >= 0.3 is 12.1 Å². The van der Waals surface area contributed by atoms with Crippen LogP contribution in [0.25, 0.3) is 0 Å². The predicted octanol–water partition coefficient (Wildman–Crippen LogP) is 2.71. The molecular formula is C17H23NO5. The molecule has 1 rings (SSSR count). The number of rotatable bonds is 7. The Kier molecular flexibility index (Phi) is 6.30. The summed E-state index contributed by atoms with van der Waals surface area (Å²) in [6.07, 6.45) is -0.244. The van der Waals surface area contributed by atoms with Crippen molar-refractivity contribution in [2.75, 3.05) is 0 Å². The summed E-state index contributed by atoms with van der Waals surface area (Å²) in [5.74, 6) is -1.45. The normalized spacial score (nSPS) is 12.6. The van der Waals surface area contributed by atoms with Gasteiger partial charge in [-0.2, -0.15) is 0 Å². The maximum Gasteiger partial charge on any atom is 0.411 e. The van der Waals surface area contributed by atoms with Crippen molar-refractivity contribution in [2.24, 2.45) is 5.92 Å². The van der Waals surface area contributed by atoms with Crippen LogP contribution >= 0.6 is 0 Å². The average Bonchev–Trinajstić information content (AvgIpc) is 2.50. The van der Waals surface area contributed by atoms with Crippen LogP contribution < -0.4 is 0 Å². The molecule has 0 saturated carbocycles. The largest absolute Gasteiger partial charge is 0.480 e. The van der Waals surface area contributed by atoms with Gasteiger partial charge in [0.25, 0.3) is 0 Å². The molecule has 0 radical (unpaired) electrons. The van der Waals surface area contributed by atoms with Gasteiger partial charge < -0.3 is 14.6 Å². The summed E-state index contributed by atoms with van der Waals surface area (Å²) in [6, 6.07) is 8.16. The van der Waals surface area contributed by atoms with E-state index in [9.17, 15) is 19.5 Å². The Hall–Kier alpha value is -2.37. The number of carbonyl (C=O) groups excluding carboxylic acids is 2. The molecule has 1 aromatic carbocycles. The van der Waals surface area contributed by atoms with E-state index in [2.05, 4.69) is 0 Å². The topological polar surface area (TPSA) is 83.9 Å². The van der Waals surface area contributed by atoms with E-state index >= 15 is 0 Å². The van der Waals surface area contributed by atoms with Crippen molar-refractivity contribution in [1.29, 1.82) is 0 Å². The molecule has 0 aromatic heterocycles. The molecule has 0 fully saturated rings. The third kappa shape index (κ3) is 4.55. The summed E-state index contributed by atoms with van der Waals surface area (Å²) >= 11 is 0. The molecule has 0 aliphatic rings. The Morgan fingerprint density at radius 1 is 1.26 bits per heavy atom. The van der Waals surface area contributed by atoms with Crippen LogP contribution in [0.4, 0.5) is 4.79 Å². The molecule has 0 unspecified atom stereocenters. The summed E-state index contributed by atoms with van der Waals surface area (Å²) in [4.78, 5) is 36.4. The van der Waals surface area contributed by atoms with Crippen LogP contribution in [-0.2, 0) is 20.9 Å². The van der Waals surface area contributed by atoms with E-state index < -0.39 is 23.6 Å². The molecule has 23 heavy (non-hydrogen) atoms. The fraction of sp³-hybridized carbons (Fsp3) is 0.471. The zero-order valence-corrected chi connectivity index (χ0v) is 13.9. The van der Waals surface area contributed by atoms with E-state index in [1.165, 1.54) is 13.8 Å². The first-order chi connectivity index (χ1) is 10.7. The van der Waals surface area contributed by atoms with E-state index in [-0.39, 0.29) is 12.5 Å². The number of benzene rings is 1. The first kappa shape index (κ1) is 18.7. The molecule has 1 N–H and O–H groups in total. The smallest absolute Gasteiger partial charge is 0.411 e. The van der Waals surface area contributed by atoms with Crippen LogP contribution in [0, 0.1) is 5.92 Å². The van der Waals surface area contributed by atoms with Crippen LogP contribution in [-0.4, -0.2) is 39.9 Å². The van der Waals surface area contributed by atoms with Crippen LogP contribution in [0.2, 0.25) is 0 Å². The number of nitrogens with zero attached hydrogens (tertiary/aromatic N) is 1. The van der Waals surface area contributed by atoms with Crippen LogP contribution in [0.15, 0.2) is 30.3 Å². The Balaban J connectivity index is 3.01. The molecule has 6 nitrogen and oxygen atoms in total. The number of aliphatic carboxylic acids is 1.